The van der Waals surface area contributed by atoms with Crippen LogP contribution in [0.15, 0.2) is 35.4 Å². The maximum absolute atomic E-state index is 6.31. The summed E-state index contributed by atoms with van der Waals surface area (Å²) in [7, 11) is 1.54. The number of methoxy groups -OCH3 is 1. The Morgan fingerprint density at radius 3 is 2.59 bits per heavy atom. The highest BCUT2D eigenvalue weighted by molar-refractivity contribution is 7.80. The van der Waals surface area contributed by atoms with E-state index in [1.807, 2.05) is 25.1 Å². The minimum Gasteiger partial charge on any atom is -0.493 e. The first-order valence-corrected chi connectivity index (χ1v) is 8.98. The summed E-state index contributed by atoms with van der Waals surface area (Å²) in [6, 6.07) is 9.41. The van der Waals surface area contributed by atoms with E-state index < -0.39 is 0 Å². The molecule has 0 bridgehead atoms. The van der Waals surface area contributed by atoms with Gasteiger partial charge in [0.05, 0.1) is 18.3 Å². The van der Waals surface area contributed by atoms with Crippen molar-refractivity contribution in [1.82, 2.24) is 5.43 Å². The molecule has 2 aromatic rings. The van der Waals surface area contributed by atoms with Crippen molar-refractivity contribution in [2.75, 3.05) is 20.3 Å². The molecule has 0 heterocycles. The maximum Gasteiger partial charge on any atom is 0.184 e. The lowest BCUT2D eigenvalue weighted by Crippen LogP contribution is -2.23. The first-order valence-electron chi connectivity index (χ1n) is 8.19. The van der Waals surface area contributed by atoms with Crippen molar-refractivity contribution in [3.63, 3.8) is 0 Å². The molecule has 0 fully saturated rings. The zero-order chi connectivity index (χ0) is 19.8. The van der Waals surface area contributed by atoms with Crippen LogP contribution in [0.2, 0.25) is 5.02 Å². The largest absolute Gasteiger partial charge is 0.493 e. The summed E-state index contributed by atoms with van der Waals surface area (Å²) in [5, 5.41) is 4.37. The minimum absolute atomic E-state index is 0.0769. The first-order chi connectivity index (χ1) is 12.9. The average molecular weight is 408 g/mol. The van der Waals surface area contributed by atoms with Crippen LogP contribution in [0.4, 0.5) is 0 Å². The Morgan fingerprint density at radius 2 is 1.93 bits per heavy atom. The Morgan fingerprint density at radius 1 is 1.19 bits per heavy atom. The Hall–Kier alpha value is -2.51. The van der Waals surface area contributed by atoms with Crippen molar-refractivity contribution in [3.8, 4) is 17.2 Å². The number of benzene rings is 2. The predicted octanol–water partition coefficient (Wildman–Crippen LogP) is 3.59. The molecule has 0 saturated heterocycles. The maximum atomic E-state index is 6.31. The van der Waals surface area contributed by atoms with E-state index in [2.05, 4.69) is 29.7 Å². The molecule has 0 unspecified atom stereocenters. The van der Waals surface area contributed by atoms with Crippen molar-refractivity contribution >= 4 is 35.1 Å². The Balaban J connectivity index is 1.97. The number of hydrogen-bond acceptors (Lipinski definition) is 5. The third kappa shape index (κ3) is 6.30. The fraction of sp³-hybridized carbons (Fsp3) is 0.263. The van der Waals surface area contributed by atoms with Crippen LogP contribution in [-0.2, 0) is 0 Å². The van der Waals surface area contributed by atoms with Crippen molar-refractivity contribution in [3.05, 3.63) is 52.0 Å². The van der Waals surface area contributed by atoms with Crippen LogP contribution in [0, 0.1) is 13.8 Å². The third-order valence-corrected chi connectivity index (χ3v) is 4.09. The lowest BCUT2D eigenvalue weighted by molar-refractivity contribution is 0.211. The van der Waals surface area contributed by atoms with Crippen molar-refractivity contribution in [2.24, 2.45) is 10.8 Å². The number of nitrogens with zero attached hydrogens (tertiary/aromatic N) is 1. The second-order valence-electron chi connectivity index (χ2n) is 5.71. The van der Waals surface area contributed by atoms with Crippen molar-refractivity contribution in [2.45, 2.75) is 13.8 Å². The molecule has 0 aromatic heterocycles. The quantitative estimate of drug-likeness (QED) is 0.301. The van der Waals surface area contributed by atoms with E-state index in [0.29, 0.717) is 35.3 Å². The molecule has 0 aliphatic rings. The van der Waals surface area contributed by atoms with Crippen LogP contribution in [0.25, 0.3) is 0 Å². The van der Waals surface area contributed by atoms with E-state index in [1.54, 1.807) is 12.1 Å². The van der Waals surface area contributed by atoms with E-state index in [9.17, 15) is 0 Å². The molecule has 0 aliphatic carbocycles. The number of nitrogens with one attached hydrogen (secondary N) is 1. The molecule has 6 nitrogen and oxygen atoms in total. The van der Waals surface area contributed by atoms with Crippen LogP contribution >= 0.6 is 23.8 Å². The molecule has 0 atom stereocenters. The molecule has 0 spiro atoms. The van der Waals surface area contributed by atoms with Gasteiger partial charge in [-0.15, -0.1) is 0 Å². The van der Waals surface area contributed by atoms with E-state index >= 15 is 0 Å². The molecular weight excluding hydrogens is 386 g/mol. The van der Waals surface area contributed by atoms with Gasteiger partial charge in [0.15, 0.2) is 16.6 Å². The standard InChI is InChI=1S/C19H22ClN3O3S/c1-12-4-5-15(8-13(12)2)25-6-7-26-18-16(20)9-14(10-17(18)24-3)11-22-23-19(21)27/h4-5,8-11H,6-7H2,1-3H3,(H3,21,23,27). The predicted molar refractivity (Wildman–Crippen MR) is 112 cm³/mol. The smallest absolute Gasteiger partial charge is 0.184 e. The molecule has 0 amide bonds. The number of ether oxygens (including phenoxy) is 3. The highest BCUT2D eigenvalue weighted by Gasteiger charge is 2.11. The number of aryl methyl sites for hydroxylation is 2. The molecule has 0 saturated carbocycles. The topological polar surface area (TPSA) is 78.1 Å². The number of hydrazone groups is 1. The summed E-state index contributed by atoms with van der Waals surface area (Å²) < 4.78 is 16.8. The fourth-order valence-corrected chi connectivity index (χ4v) is 2.56. The first kappa shape index (κ1) is 20.8. The molecule has 2 rings (SSSR count). The SMILES string of the molecule is COc1cc(C=NNC(N)=S)cc(Cl)c1OCCOc1ccc(C)c(C)c1. The average Bonchev–Trinajstić information content (AvgIpc) is 2.62. The number of hydrogen-bond donors (Lipinski definition) is 2. The monoisotopic (exact) mass is 407 g/mol. The van der Waals surface area contributed by atoms with Gasteiger partial charge >= 0.3 is 0 Å². The van der Waals surface area contributed by atoms with Gasteiger partial charge in [-0.2, -0.15) is 5.10 Å². The van der Waals surface area contributed by atoms with E-state index in [-0.39, 0.29) is 5.11 Å². The summed E-state index contributed by atoms with van der Waals surface area (Å²) in [5.41, 5.74) is 10.9. The zero-order valence-electron chi connectivity index (χ0n) is 15.4. The van der Waals surface area contributed by atoms with Crippen molar-refractivity contribution < 1.29 is 14.2 Å². The van der Waals surface area contributed by atoms with Gasteiger partial charge in [-0.05, 0) is 67.0 Å². The van der Waals surface area contributed by atoms with Crippen molar-refractivity contribution in [1.29, 1.82) is 0 Å². The van der Waals surface area contributed by atoms with Gasteiger partial charge in [-0.1, -0.05) is 17.7 Å². The van der Waals surface area contributed by atoms with E-state index in [4.69, 9.17) is 31.5 Å². The van der Waals surface area contributed by atoms with Crippen LogP contribution in [-0.4, -0.2) is 31.7 Å². The minimum atomic E-state index is 0.0769. The van der Waals surface area contributed by atoms with Gasteiger partial charge in [-0.25, -0.2) is 0 Å². The lowest BCUT2D eigenvalue weighted by Gasteiger charge is -2.14. The molecule has 8 heteroatoms. The second-order valence-corrected chi connectivity index (χ2v) is 6.56. The third-order valence-electron chi connectivity index (χ3n) is 3.72. The van der Waals surface area contributed by atoms with Crippen LogP contribution in [0.5, 0.6) is 17.2 Å². The molecule has 144 valence electrons. The molecular formula is C19H22ClN3O3S. The van der Waals surface area contributed by atoms with Gasteiger partial charge in [0.2, 0.25) is 0 Å². The van der Waals surface area contributed by atoms with E-state index in [0.717, 1.165) is 5.75 Å². The van der Waals surface area contributed by atoms with Gasteiger partial charge in [-0.3, -0.25) is 5.43 Å². The number of nitrogens with two attached hydrogens (primary N) is 1. The normalized spacial score (nSPS) is 10.7. The number of rotatable bonds is 8. The molecule has 3 N–H and O–H groups in total. The van der Waals surface area contributed by atoms with Gasteiger partial charge in [0.25, 0.3) is 0 Å². The second kappa shape index (κ2) is 9.99. The van der Waals surface area contributed by atoms with Gasteiger partial charge < -0.3 is 19.9 Å². The Bertz CT molecular complexity index is 843. The zero-order valence-corrected chi connectivity index (χ0v) is 17.0. The Labute approximate surface area is 169 Å². The van der Waals surface area contributed by atoms with Gasteiger partial charge in [0, 0.05) is 0 Å². The molecule has 2 aromatic carbocycles. The fourth-order valence-electron chi connectivity index (χ4n) is 2.23. The van der Waals surface area contributed by atoms with E-state index in [1.165, 1.54) is 24.5 Å². The summed E-state index contributed by atoms with van der Waals surface area (Å²) in [6.45, 7) is 4.80. The summed E-state index contributed by atoms with van der Waals surface area (Å²) in [5.74, 6) is 1.74. The molecule has 0 aliphatic heterocycles. The Kier molecular flexibility index (Phi) is 7.69. The highest BCUT2D eigenvalue weighted by atomic mass is 35.5. The summed E-state index contributed by atoms with van der Waals surface area (Å²) in [6.07, 6.45) is 1.53. The van der Waals surface area contributed by atoms with Crippen LogP contribution in [0.3, 0.4) is 0 Å². The van der Waals surface area contributed by atoms with Crippen LogP contribution < -0.4 is 25.4 Å². The lowest BCUT2D eigenvalue weighted by atomic mass is 10.1. The summed E-state index contributed by atoms with van der Waals surface area (Å²) >= 11 is 11.0. The van der Waals surface area contributed by atoms with Gasteiger partial charge in [0.1, 0.15) is 19.0 Å². The molecule has 27 heavy (non-hydrogen) atoms. The highest BCUT2D eigenvalue weighted by Crippen LogP contribution is 2.36. The van der Waals surface area contributed by atoms with Crippen LogP contribution in [0.1, 0.15) is 16.7 Å². The number of halogens is 1. The number of thiocarbonyl (C=S) groups is 1. The summed E-state index contributed by atoms with van der Waals surface area (Å²) in [4.78, 5) is 0. The molecule has 0 radical (unpaired) electrons.